The number of ketones is 1. The van der Waals surface area contributed by atoms with Gasteiger partial charge in [-0.1, -0.05) is 12.1 Å². The van der Waals surface area contributed by atoms with Crippen molar-refractivity contribution < 1.29 is 17.9 Å². The molecule has 0 spiro atoms. The van der Waals surface area contributed by atoms with Crippen molar-refractivity contribution >= 4 is 15.8 Å². The molecule has 0 bridgehead atoms. The van der Waals surface area contributed by atoms with Crippen molar-refractivity contribution in [2.24, 2.45) is 0 Å². The Balaban J connectivity index is 1.24. The molecule has 0 radical (unpaired) electrons. The van der Waals surface area contributed by atoms with Crippen LogP contribution in [0.4, 0.5) is 0 Å². The predicted octanol–water partition coefficient (Wildman–Crippen LogP) is 2.08. The molecule has 5 rings (SSSR count). The zero-order valence-corrected chi connectivity index (χ0v) is 18.3. The zero-order valence-electron chi connectivity index (χ0n) is 17.5. The molecule has 8 nitrogen and oxygen atoms in total. The molecule has 9 heteroatoms. The third-order valence-corrected chi connectivity index (χ3v) is 8.21. The monoisotopic (exact) mass is 442 g/mol. The molecule has 31 heavy (non-hydrogen) atoms. The second-order valence-corrected chi connectivity index (χ2v) is 10.6. The minimum Gasteiger partial charge on any atom is -0.472 e. The predicted molar refractivity (Wildman–Crippen MR) is 114 cm³/mol. The Morgan fingerprint density at radius 2 is 1.97 bits per heavy atom. The summed E-state index contributed by atoms with van der Waals surface area (Å²) in [5.74, 6) is 0.941. The maximum atomic E-state index is 13.2. The van der Waals surface area contributed by atoms with E-state index in [2.05, 4.69) is 14.9 Å². The van der Waals surface area contributed by atoms with Gasteiger partial charge in [-0.05, 0) is 31.9 Å². The quantitative estimate of drug-likeness (QED) is 0.633. The van der Waals surface area contributed by atoms with Crippen molar-refractivity contribution in [3.8, 4) is 5.88 Å². The number of hydrogen-bond donors (Lipinski definition) is 0. The van der Waals surface area contributed by atoms with Crippen molar-refractivity contribution in [2.75, 3.05) is 26.2 Å². The first-order valence-electron chi connectivity index (χ1n) is 10.7. The summed E-state index contributed by atoms with van der Waals surface area (Å²) < 4.78 is 33.9. The number of Topliss-reactive ketones (excluding diaryl/α,β-unsaturated/α-hetero) is 1. The van der Waals surface area contributed by atoms with Gasteiger partial charge in [-0.3, -0.25) is 14.7 Å². The van der Waals surface area contributed by atoms with E-state index in [9.17, 15) is 13.2 Å². The van der Waals surface area contributed by atoms with E-state index in [1.165, 1.54) is 30.1 Å². The van der Waals surface area contributed by atoms with Crippen LogP contribution in [0.25, 0.3) is 0 Å². The van der Waals surface area contributed by atoms with Crippen LogP contribution in [0.15, 0.2) is 41.6 Å². The number of hydrogen-bond acceptors (Lipinski definition) is 7. The number of carbonyl (C=O) groups is 1. The van der Waals surface area contributed by atoms with Gasteiger partial charge in [0.25, 0.3) is 0 Å². The lowest BCUT2D eigenvalue weighted by Crippen LogP contribution is -2.51. The Labute approximate surface area is 182 Å². The first-order valence-corrected chi connectivity index (χ1v) is 12.2. The summed E-state index contributed by atoms with van der Waals surface area (Å²) in [6, 6.07) is 6.38. The molecule has 3 aliphatic rings. The van der Waals surface area contributed by atoms with Gasteiger partial charge in [-0.2, -0.15) is 4.31 Å². The molecule has 2 aliphatic heterocycles. The molecule has 1 aromatic heterocycles. The second kappa shape index (κ2) is 7.96. The lowest BCUT2D eigenvalue weighted by molar-refractivity contribution is 0.101. The number of ether oxygens (including phenoxy) is 1. The Morgan fingerprint density at radius 3 is 2.68 bits per heavy atom. The van der Waals surface area contributed by atoms with Crippen LogP contribution in [0.1, 0.15) is 48.2 Å². The third kappa shape index (κ3) is 4.22. The number of fused-ring (bicyclic) bond motifs is 1. The van der Waals surface area contributed by atoms with E-state index in [4.69, 9.17) is 4.74 Å². The van der Waals surface area contributed by atoms with Gasteiger partial charge in [0, 0.05) is 50.1 Å². The number of rotatable bonds is 6. The minimum absolute atomic E-state index is 0.0326. The maximum absolute atomic E-state index is 13.2. The normalized spacial score (nSPS) is 24.7. The van der Waals surface area contributed by atoms with Gasteiger partial charge < -0.3 is 4.74 Å². The Bertz CT molecular complexity index is 1080. The van der Waals surface area contributed by atoms with Gasteiger partial charge in [0.15, 0.2) is 5.78 Å². The molecule has 0 N–H and O–H groups in total. The van der Waals surface area contributed by atoms with E-state index in [1.54, 1.807) is 30.6 Å². The average Bonchev–Trinajstić information content (AvgIpc) is 3.54. The lowest BCUT2D eigenvalue weighted by atomic mass is 10.1. The molecular weight excluding hydrogens is 416 g/mol. The number of nitrogens with zero attached hydrogens (tertiary/aromatic N) is 4. The van der Waals surface area contributed by atoms with E-state index in [0.717, 1.165) is 18.7 Å². The molecule has 0 amide bonds. The third-order valence-electron chi connectivity index (χ3n) is 6.35. The van der Waals surface area contributed by atoms with Gasteiger partial charge in [0.2, 0.25) is 15.9 Å². The molecule has 1 saturated carbocycles. The molecule has 0 unspecified atom stereocenters. The molecule has 3 fully saturated rings. The van der Waals surface area contributed by atoms with Crippen molar-refractivity contribution in [3.05, 3.63) is 47.9 Å². The van der Waals surface area contributed by atoms with E-state index in [1.807, 2.05) is 0 Å². The van der Waals surface area contributed by atoms with Crippen molar-refractivity contribution in [2.45, 2.75) is 49.1 Å². The number of piperazine rings is 1. The van der Waals surface area contributed by atoms with Crippen LogP contribution >= 0.6 is 0 Å². The van der Waals surface area contributed by atoms with E-state index in [0.29, 0.717) is 37.0 Å². The van der Waals surface area contributed by atoms with Crippen LogP contribution < -0.4 is 4.74 Å². The van der Waals surface area contributed by atoms with E-state index in [-0.39, 0.29) is 22.8 Å². The lowest BCUT2D eigenvalue weighted by Gasteiger charge is -2.36. The Hall–Kier alpha value is -2.36. The van der Waals surface area contributed by atoms with Gasteiger partial charge in [-0.25, -0.2) is 13.4 Å². The van der Waals surface area contributed by atoms with Gasteiger partial charge in [-0.15, -0.1) is 0 Å². The largest absolute Gasteiger partial charge is 0.472 e. The molecule has 164 valence electrons. The fourth-order valence-corrected chi connectivity index (χ4v) is 5.96. The average molecular weight is 443 g/mol. The molecule has 2 aromatic rings. The standard InChI is InChI=1S/C22H26N4O4S/c1-15(27)17-3-2-4-20(9-17)31(28,29)26-8-7-25-14-19(10-18(25)13-26)30-22-12-23-21(11-24-22)16-5-6-16/h2-4,9,11-12,16,18-19H,5-8,10,13-14H2,1H3/t18-,19+/m0/s1. The highest BCUT2D eigenvalue weighted by Gasteiger charge is 2.41. The zero-order chi connectivity index (χ0) is 21.6. The highest BCUT2D eigenvalue weighted by molar-refractivity contribution is 7.89. The summed E-state index contributed by atoms with van der Waals surface area (Å²) in [7, 11) is -3.65. The van der Waals surface area contributed by atoms with E-state index < -0.39 is 10.0 Å². The summed E-state index contributed by atoms with van der Waals surface area (Å²) in [5.41, 5.74) is 1.44. The highest BCUT2D eigenvalue weighted by Crippen LogP contribution is 2.38. The second-order valence-electron chi connectivity index (χ2n) is 8.63. The Kier molecular flexibility index (Phi) is 5.27. The smallest absolute Gasteiger partial charge is 0.243 e. The van der Waals surface area contributed by atoms with Crippen LogP contribution in [-0.2, 0) is 10.0 Å². The van der Waals surface area contributed by atoms with Crippen molar-refractivity contribution in [3.63, 3.8) is 0 Å². The van der Waals surface area contributed by atoms with Crippen LogP contribution in [0.2, 0.25) is 0 Å². The molecular formula is C22H26N4O4S. The summed E-state index contributed by atoms with van der Waals surface area (Å²) in [6.07, 6.45) is 6.59. The number of aromatic nitrogens is 2. The fourth-order valence-electron chi connectivity index (χ4n) is 4.44. The minimum atomic E-state index is -3.65. The molecule has 2 saturated heterocycles. The van der Waals surface area contributed by atoms with Gasteiger partial charge >= 0.3 is 0 Å². The first kappa shape index (κ1) is 20.5. The van der Waals surface area contributed by atoms with Crippen molar-refractivity contribution in [1.29, 1.82) is 0 Å². The number of sulfonamides is 1. The summed E-state index contributed by atoms with van der Waals surface area (Å²) in [4.78, 5) is 23.0. The molecule has 1 aliphatic carbocycles. The van der Waals surface area contributed by atoms with Crippen LogP contribution in [0, 0.1) is 0 Å². The first-order chi connectivity index (χ1) is 14.9. The van der Waals surface area contributed by atoms with Crippen LogP contribution in [0.3, 0.4) is 0 Å². The Morgan fingerprint density at radius 1 is 1.13 bits per heavy atom. The summed E-state index contributed by atoms with van der Waals surface area (Å²) in [5, 5.41) is 0. The van der Waals surface area contributed by atoms with Crippen molar-refractivity contribution in [1.82, 2.24) is 19.2 Å². The number of benzene rings is 1. The topological polar surface area (TPSA) is 92.7 Å². The summed E-state index contributed by atoms with van der Waals surface area (Å²) >= 11 is 0. The molecule has 3 heterocycles. The molecule has 1 aromatic carbocycles. The van der Waals surface area contributed by atoms with E-state index >= 15 is 0 Å². The van der Waals surface area contributed by atoms with Gasteiger partial charge in [0.1, 0.15) is 6.10 Å². The fraction of sp³-hybridized carbons (Fsp3) is 0.500. The number of carbonyl (C=O) groups excluding carboxylic acids is 1. The summed E-state index contributed by atoms with van der Waals surface area (Å²) in [6.45, 7) is 3.68. The van der Waals surface area contributed by atoms with Crippen LogP contribution in [0.5, 0.6) is 5.88 Å². The molecule has 2 atom stereocenters. The van der Waals surface area contributed by atoms with Crippen LogP contribution in [-0.4, -0.2) is 71.7 Å². The van der Waals surface area contributed by atoms with Gasteiger partial charge in [0.05, 0.1) is 23.0 Å². The highest BCUT2D eigenvalue weighted by atomic mass is 32.2. The SMILES string of the molecule is CC(=O)c1cccc(S(=O)(=O)N2CCN3C[C@H](Oc4cnc(C5CC5)cn4)C[C@H]3C2)c1. The maximum Gasteiger partial charge on any atom is 0.243 e.